The lowest BCUT2D eigenvalue weighted by Crippen LogP contribution is -2.53. The van der Waals surface area contributed by atoms with Gasteiger partial charge in [-0.15, -0.1) is 0 Å². The zero-order valence-corrected chi connectivity index (χ0v) is 22.2. The fourth-order valence-electron chi connectivity index (χ4n) is 4.76. The zero-order chi connectivity index (χ0) is 25.7. The van der Waals surface area contributed by atoms with Gasteiger partial charge in [0.2, 0.25) is 0 Å². The summed E-state index contributed by atoms with van der Waals surface area (Å²) in [5, 5.41) is 3.74. The lowest BCUT2D eigenvalue weighted by atomic mass is 9.94. The normalized spacial score (nSPS) is 19.4. The van der Waals surface area contributed by atoms with Gasteiger partial charge < -0.3 is 10.1 Å². The van der Waals surface area contributed by atoms with Gasteiger partial charge in [0, 0.05) is 51.5 Å². The van der Waals surface area contributed by atoms with E-state index in [4.69, 9.17) is 27.9 Å². The van der Waals surface area contributed by atoms with Crippen molar-refractivity contribution in [3.63, 3.8) is 0 Å². The molecular weight excluding hydrogens is 499 g/mol. The van der Waals surface area contributed by atoms with Crippen LogP contribution in [0.3, 0.4) is 0 Å². The van der Waals surface area contributed by atoms with Crippen molar-refractivity contribution in [3.05, 3.63) is 81.0 Å². The quantitative estimate of drug-likeness (QED) is 0.500. The van der Waals surface area contributed by atoms with Crippen molar-refractivity contribution in [3.8, 4) is 0 Å². The van der Waals surface area contributed by atoms with Crippen molar-refractivity contribution in [2.45, 2.75) is 26.4 Å². The zero-order valence-electron chi connectivity index (χ0n) is 20.7. The second-order valence-corrected chi connectivity index (χ2v) is 9.73. The summed E-state index contributed by atoms with van der Waals surface area (Å²) in [6.07, 6.45) is 0. The second kappa shape index (κ2) is 12.1. The van der Waals surface area contributed by atoms with Gasteiger partial charge >= 0.3 is 12.0 Å². The standard InChI is InChI=1S/C27H32Cl2N4O3/c1-3-33-23(18-32-14-12-31(13-15-32)17-19-8-6-5-7-9-19)24(26(34)36-4-2)25(30-27(33)35)20-10-11-21(28)22(29)16-20/h5-11,16,25H,3-4,12-15,17-18H2,1-2H3,(H,30,35)/t25-/m0/s1. The number of halogens is 2. The summed E-state index contributed by atoms with van der Waals surface area (Å²) in [5.41, 5.74) is 3.08. The highest BCUT2D eigenvalue weighted by Gasteiger charge is 2.38. The first kappa shape index (κ1) is 26.5. The number of nitrogens with zero attached hydrogens (tertiary/aromatic N) is 3. The third-order valence-corrected chi connectivity index (χ3v) is 7.35. The summed E-state index contributed by atoms with van der Waals surface area (Å²) in [6.45, 7) is 9.23. The van der Waals surface area contributed by atoms with Crippen molar-refractivity contribution in [1.82, 2.24) is 20.0 Å². The van der Waals surface area contributed by atoms with E-state index in [0.29, 0.717) is 40.0 Å². The van der Waals surface area contributed by atoms with Gasteiger partial charge in [0.05, 0.1) is 28.3 Å². The first-order chi connectivity index (χ1) is 17.4. The largest absolute Gasteiger partial charge is 0.463 e. The monoisotopic (exact) mass is 530 g/mol. The highest BCUT2D eigenvalue weighted by atomic mass is 35.5. The molecule has 9 heteroatoms. The van der Waals surface area contributed by atoms with Gasteiger partial charge in [0.1, 0.15) is 0 Å². The third-order valence-electron chi connectivity index (χ3n) is 6.61. The lowest BCUT2D eigenvalue weighted by molar-refractivity contribution is -0.139. The Morgan fingerprint density at radius 3 is 2.25 bits per heavy atom. The van der Waals surface area contributed by atoms with E-state index >= 15 is 0 Å². The number of nitrogens with one attached hydrogen (secondary N) is 1. The number of carbonyl (C=O) groups excluding carboxylic acids is 2. The van der Waals surface area contributed by atoms with Crippen LogP contribution in [0.15, 0.2) is 59.8 Å². The number of urea groups is 1. The van der Waals surface area contributed by atoms with Gasteiger partial charge in [-0.1, -0.05) is 59.6 Å². The minimum Gasteiger partial charge on any atom is -0.463 e. The molecule has 0 spiro atoms. The van der Waals surface area contributed by atoms with Crippen LogP contribution >= 0.6 is 23.2 Å². The van der Waals surface area contributed by atoms with Crippen LogP contribution in [0.25, 0.3) is 0 Å². The van der Waals surface area contributed by atoms with E-state index in [1.165, 1.54) is 5.56 Å². The van der Waals surface area contributed by atoms with Crippen LogP contribution in [0.1, 0.15) is 31.0 Å². The van der Waals surface area contributed by atoms with Crippen molar-refractivity contribution < 1.29 is 14.3 Å². The SMILES string of the molecule is CCOC(=O)C1=C(CN2CCN(Cc3ccccc3)CC2)N(CC)C(=O)N[C@H]1c1ccc(Cl)c(Cl)c1. The number of rotatable bonds is 8. The summed E-state index contributed by atoms with van der Waals surface area (Å²) < 4.78 is 5.46. The second-order valence-electron chi connectivity index (χ2n) is 8.92. The molecule has 2 amide bonds. The van der Waals surface area contributed by atoms with E-state index in [2.05, 4.69) is 39.4 Å². The van der Waals surface area contributed by atoms with Crippen LogP contribution in [-0.4, -0.2) is 72.6 Å². The molecule has 0 radical (unpaired) electrons. The topological polar surface area (TPSA) is 65.1 Å². The molecule has 1 fully saturated rings. The fourth-order valence-corrected chi connectivity index (χ4v) is 5.07. The predicted octanol–water partition coefficient (Wildman–Crippen LogP) is 4.71. The van der Waals surface area contributed by atoms with Crippen molar-refractivity contribution >= 4 is 35.2 Å². The van der Waals surface area contributed by atoms with E-state index in [0.717, 1.165) is 32.7 Å². The number of hydrogen-bond donors (Lipinski definition) is 1. The first-order valence-electron chi connectivity index (χ1n) is 12.3. The minimum atomic E-state index is -0.677. The highest BCUT2D eigenvalue weighted by molar-refractivity contribution is 6.42. The molecule has 0 aromatic heterocycles. The molecule has 1 saturated heterocycles. The molecule has 2 aromatic rings. The molecule has 0 saturated carbocycles. The summed E-state index contributed by atoms with van der Waals surface area (Å²) in [6, 6.07) is 14.7. The fraction of sp³-hybridized carbons (Fsp3) is 0.407. The Labute approximate surface area is 222 Å². The first-order valence-corrected chi connectivity index (χ1v) is 13.1. The molecule has 7 nitrogen and oxygen atoms in total. The maximum atomic E-state index is 13.3. The molecule has 2 heterocycles. The number of carbonyl (C=O) groups is 2. The van der Waals surface area contributed by atoms with Gasteiger partial charge in [0.15, 0.2) is 0 Å². The molecule has 1 N–H and O–H groups in total. The number of esters is 1. The van der Waals surface area contributed by atoms with E-state index in [1.807, 2.05) is 13.0 Å². The van der Waals surface area contributed by atoms with E-state index in [1.54, 1.807) is 30.0 Å². The number of ether oxygens (including phenoxy) is 1. The van der Waals surface area contributed by atoms with Gasteiger partial charge in [-0.2, -0.15) is 0 Å². The average molecular weight is 531 g/mol. The van der Waals surface area contributed by atoms with Crippen molar-refractivity contribution in [2.75, 3.05) is 45.9 Å². The number of amides is 2. The predicted molar refractivity (Wildman–Crippen MR) is 142 cm³/mol. The maximum Gasteiger partial charge on any atom is 0.338 e. The van der Waals surface area contributed by atoms with Crippen LogP contribution < -0.4 is 5.32 Å². The Bertz CT molecular complexity index is 1120. The van der Waals surface area contributed by atoms with Crippen LogP contribution in [-0.2, 0) is 16.1 Å². The lowest BCUT2D eigenvalue weighted by Gasteiger charge is -2.40. The van der Waals surface area contributed by atoms with Crippen molar-refractivity contribution in [2.24, 2.45) is 0 Å². The van der Waals surface area contributed by atoms with Gasteiger partial charge in [-0.05, 0) is 37.1 Å². The summed E-state index contributed by atoms with van der Waals surface area (Å²) >= 11 is 12.4. The maximum absolute atomic E-state index is 13.3. The molecule has 36 heavy (non-hydrogen) atoms. The average Bonchev–Trinajstić information content (AvgIpc) is 2.87. The molecule has 2 aliphatic rings. The van der Waals surface area contributed by atoms with E-state index in [9.17, 15) is 9.59 Å². The third kappa shape index (κ3) is 6.03. The Morgan fingerprint density at radius 1 is 0.972 bits per heavy atom. The number of piperazine rings is 1. The summed E-state index contributed by atoms with van der Waals surface area (Å²) in [7, 11) is 0. The van der Waals surface area contributed by atoms with E-state index in [-0.39, 0.29) is 12.6 Å². The molecule has 0 aliphatic carbocycles. The molecule has 2 aliphatic heterocycles. The molecule has 192 valence electrons. The Balaban J connectivity index is 1.60. The summed E-state index contributed by atoms with van der Waals surface area (Å²) in [5.74, 6) is -0.440. The number of hydrogen-bond acceptors (Lipinski definition) is 5. The number of likely N-dealkylation sites (N-methyl/N-ethyl adjacent to an activating group) is 1. The molecule has 0 unspecified atom stereocenters. The van der Waals surface area contributed by atoms with Gasteiger partial charge in [0.25, 0.3) is 0 Å². The molecular formula is C27H32Cl2N4O3. The minimum absolute atomic E-state index is 0.238. The van der Waals surface area contributed by atoms with Crippen LogP contribution in [0.4, 0.5) is 4.79 Å². The van der Waals surface area contributed by atoms with Gasteiger partial charge in [-0.3, -0.25) is 14.7 Å². The Kier molecular flexibility index (Phi) is 8.90. The molecule has 1 atom stereocenters. The molecule has 4 rings (SSSR count). The number of benzene rings is 2. The summed E-state index contributed by atoms with van der Waals surface area (Å²) in [4.78, 5) is 32.8. The Hall–Kier alpha value is -2.58. The molecule has 2 aromatic carbocycles. The van der Waals surface area contributed by atoms with E-state index < -0.39 is 12.0 Å². The smallest absolute Gasteiger partial charge is 0.338 e. The van der Waals surface area contributed by atoms with Crippen LogP contribution in [0.2, 0.25) is 10.0 Å². The Morgan fingerprint density at radius 2 is 1.64 bits per heavy atom. The van der Waals surface area contributed by atoms with Gasteiger partial charge in [-0.25, -0.2) is 9.59 Å². The van der Waals surface area contributed by atoms with Crippen LogP contribution in [0, 0.1) is 0 Å². The highest BCUT2D eigenvalue weighted by Crippen LogP contribution is 2.34. The van der Waals surface area contributed by atoms with Crippen molar-refractivity contribution in [1.29, 1.82) is 0 Å². The van der Waals surface area contributed by atoms with Crippen LogP contribution in [0.5, 0.6) is 0 Å². The molecule has 0 bridgehead atoms.